The maximum atomic E-state index is 13.4. The molecule has 0 aliphatic carbocycles. The van der Waals surface area contributed by atoms with Gasteiger partial charge in [0.05, 0.1) is 17.7 Å². The number of amides is 1. The lowest BCUT2D eigenvalue weighted by atomic mass is 9.93. The van der Waals surface area contributed by atoms with Crippen LogP contribution in [0.2, 0.25) is 0 Å². The highest BCUT2D eigenvalue weighted by Gasteiger charge is 2.35. The lowest BCUT2D eigenvalue weighted by Gasteiger charge is -2.41. The van der Waals surface area contributed by atoms with E-state index in [9.17, 15) is 18.0 Å². The minimum Gasteiger partial charge on any atom is -0.492 e. The van der Waals surface area contributed by atoms with Crippen LogP contribution < -0.4 is 4.74 Å². The van der Waals surface area contributed by atoms with Gasteiger partial charge in [-0.3, -0.25) is 9.69 Å². The number of halogens is 3. The molecule has 0 saturated carbocycles. The van der Waals surface area contributed by atoms with Gasteiger partial charge < -0.3 is 14.4 Å². The number of fused-ring (bicyclic) bond motifs is 3. The smallest absolute Gasteiger partial charge is 0.416 e. The summed E-state index contributed by atoms with van der Waals surface area (Å²) < 4.78 is 51.2. The zero-order chi connectivity index (χ0) is 24.8. The molecule has 1 fully saturated rings. The van der Waals surface area contributed by atoms with E-state index in [1.807, 2.05) is 23.1 Å². The van der Waals surface area contributed by atoms with E-state index >= 15 is 0 Å². The first-order valence-corrected chi connectivity index (χ1v) is 12.3. The lowest BCUT2D eigenvalue weighted by Crippen LogP contribution is -2.51. The summed E-state index contributed by atoms with van der Waals surface area (Å²) >= 11 is 0. The molecule has 0 spiro atoms. The number of piperidine rings is 1. The lowest BCUT2D eigenvalue weighted by molar-refractivity contribution is -0.137. The Labute approximate surface area is 204 Å². The topological polar surface area (TPSA) is 42.0 Å². The molecule has 8 heteroatoms. The van der Waals surface area contributed by atoms with Crippen molar-refractivity contribution in [1.29, 1.82) is 0 Å². The number of alkyl halides is 3. The molecule has 1 amide bonds. The van der Waals surface area contributed by atoms with Crippen molar-refractivity contribution >= 4 is 5.91 Å². The zero-order valence-corrected chi connectivity index (χ0v) is 20.1. The SMILES string of the molecule is CO[C@@H]1CCCN2C(=O)c3cccc(c3)OCCN(Cc3cccc(C(F)(F)F)c3)CCCC[C@H]12. The van der Waals surface area contributed by atoms with Crippen LogP contribution in [0.5, 0.6) is 5.75 Å². The molecule has 35 heavy (non-hydrogen) atoms. The van der Waals surface area contributed by atoms with E-state index < -0.39 is 11.7 Å². The molecule has 0 aromatic heterocycles. The maximum Gasteiger partial charge on any atom is 0.416 e. The Balaban J connectivity index is 1.53. The molecular weight excluding hydrogens is 457 g/mol. The van der Waals surface area contributed by atoms with Crippen molar-refractivity contribution in [2.75, 3.05) is 33.4 Å². The van der Waals surface area contributed by atoms with Gasteiger partial charge in [-0.2, -0.15) is 13.2 Å². The fraction of sp³-hybridized carbons (Fsp3) is 0.519. The van der Waals surface area contributed by atoms with Crippen LogP contribution >= 0.6 is 0 Å². The summed E-state index contributed by atoms with van der Waals surface area (Å²) in [6.45, 7) is 2.81. The van der Waals surface area contributed by atoms with Gasteiger partial charge in [0.15, 0.2) is 0 Å². The first kappa shape index (κ1) is 25.5. The van der Waals surface area contributed by atoms with Gasteiger partial charge in [0.2, 0.25) is 0 Å². The van der Waals surface area contributed by atoms with Gasteiger partial charge in [-0.1, -0.05) is 30.7 Å². The molecule has 2 heterocycles. The van der Waals surface area contributed by atoms with Crippen LogP contribution in [0.15, 0.2) is 48.5 Å². The van der Waals surface area contributed by atoms with E-state index in [1.54, 1.807) is 19.2 Å². The van der Waals surface area contributed by atoms with Crippen molar-refractivity contribution in [3.8, 4) is 5.75 Å². The second-order valence-corrected chi connectivity index (χ2v) is 9.33. The summed E-state index contributed by atoms with van der Waals surface area (Å²) in [4.78, 5) is 17.4. The predicted octanol–water partition coefficient (Wildman–Crippen LogP) is 5.39. The molecule has 190 valence electrons. The summed E-state index contributed by atoms with van der Waals surface area (Å²) in [5.41, 5.74) is 0.603. The highest BCUT2D eigenvalue weighted by atomic mass is 19.4. The van der Waals surface area contributed by atoms with Gasteiger partial charge >= 0.3 is 6.18 Å². The summed E-state index contributed by atoms with van der Waals surface area (Å²) in [6, 6.07) is 12.8. The summed E-state index contributed by atoms with van der Waals surface area (Å²) in [7, 11) is 1.70. The first-order chi connectivity index (χ1) is 16.8. The average molecular weight is 491 g/mol. The number of hydrogen-bond donors (Lipinski definition) is 0. The van der Waals surface area contributed by atoms with Gasteiger partial charge in [0, 0.05) is 32.3 Å². The third kappa shape index (κ3) is 6.55. The van der Waals surface area contributed by atoms with Crippen LogP contribution in [0.3, 0.4) is 0 Å². The fourth-order valence-corrected chi connectivity index (χ4v) is 5.13. The van der Waals surface area contributed by atoms with Crippen LogP contribution in [0.25, 0.3) is 0 Å². The molecule has 1 saturated heterocycles. The third-order valence-electron chi connectivity index (χ3n) is 6.92. The van der Waals surface area contributed by atoms with Crippen molar-refractivity contribution in [3.05, 3.63) is 65.2 Å². The van der Waals surface area contributed by atoms with Crippen LogP contribution in [-0.2, 0) is 17.5 Å². The van der Waals surface area contributed by atoms with Crippen molar-refractivity contribution in [3.63, 3.8) is 0 Å². The summed E-state index contributed by atoms with van der Waals surface area (Å²) in [6.07, 6.45) is 0.0773. The Hall–Kier alpha value is -2.58. The van der Waals surface area contributed by atoms with Crippen molar-refractivity contribution < 1.29 is 27.4 Å². The summed E-state index contributed by atoms with van der Waals surface area (Å²) in [5.74, 6) is 0.620. The van der Waals surface area contributed by atoms with E-state index in [-0.39, 0.29) is 18.1 Å². The molecule has 2 aliphatic heterocycles. The monoisotopic (exact) mass is 490 g/mol. The molecule has 0 radical (unpaired) electrons. The molecule has 2 aliphatic rings. The van der Waals surface area contributed by atoms with Crippen LogP contribution in [0.4, 0.5) is 13.2 Å². The first-order valence-electron chi connectivity index (χ1n) is 12.3. The van der Waals surface area contributed by atoms with E-state index in [0.717, 1.165) is 44.7 Å². The van der Waals surface area contributed by atoms with Crippen molar-refractivity contribution in [2.45, 2.75) is 57.0 Å². The van der Waals surface area contributed by atoms with E-state index in [4.69, 9.17) is 9.47 Å². The number of ether oxygens (including phenoxy) is 2. The minimum atomic E-state index is -4.36. The predicted molar refractivity (Wildman–Crippen MR) is 127 cm³/mol. The second-order valence-electron chi connectivity index (χ2n) is 9.33. The standard InChI is InChI=1S/C27H33F3N2O3/c1-34-25-12-6-14-32-24(25)11-2-3-13-31(19-20-7-4-9-22(17-20)27(28,29)30)15-16-35-23-10-5-8-21(18-23)26(32)33/h4-5,7-10,17-18,24-25H,2-3,6,11-16,19H2,1H3/t24-,25-/m1/s1. The van der Waals surface area contributed by atoms with E-state index in [0.29, 0.717) is 43.1 Å². The fourth-order valence-electron chi connectivity index (χ4n) is 5.13. The number of carbonyl (C=O) groups excluding carboxylic acids is 1. The Morgan fingerprint density at radius 3 is 2.63 bits per heavy atom. The largest absolute Gasteiger partial charge is 0.492 e. The normalized spacial score (nSPS) is 22.7. The molecule has 2 aromatic rings. The van der Waals surface area contributed by atoms with Gasteiger partial charge in [-0.05, 0) is 62.1 Å². The minimum absolute atomic E-state index is 0.00116. The third-order valence-corrected chi connectivity index (χ3v) is 6.92. The van der Waals surface area contributed by atoms with Crippen molar-refractivity contribution in [2.24, 2.45) is 0 Å². The molecule has 2 aromatic carbocycles. The molecular formula is C27H33F3N2O3. The molecule has 4 rings (SSSR count). The average Bonchev–Trinajstić information content (AvgIpc) is 2.85. The Bertz CT molecular complexity index is 998. The van der Waals surface area contributed by atoms with E-state index in [1.165, 1.54) is 12.1 Å². The number of benzene rings is 2. The Kier molecular flexibility index (Phi) is 8.34. The van der Waals surface area contributed by atoms with Gasteiger partial charge in [0.25, 0.3) is 5.91 Å². The molecule has 2 atom stereocenters. The highest BCUT2D eigenvalue weighted by Crippen LogP contribution is 2.30. The molecule has 2 bridgehead atoms. The highest BCUT2D eigenvalue weighted by molar-refractivity contribution is 5.95. The van der Waals surface area contributed by atoms with Gasteiger partial charge in [-0.25, -0.2) is 0 Å². The number of rotatable bonds is 3. The second kappa shape index (κ2) is 11.4. The number of nitrogens with zero attached hydrogens (tertiary/aromatic N) is 2. The summed E-state index contributed by atoms with van der Waals surface area (Å²) in [5, 5.41) is 0. The molecule has 0 N–H and O–H groups in total. The quantitative estimate of drug-likeness (QED) is 0.579. The number of methoxy groups -OCH3 is 1. The van der Waals surface area contributed by atoms with Crippen molar-refractivity contribution in [1.82, 2.24) is 9.80 Å². The molecule has 5 nitrogen and oxygen atoms in total. The van der Waals surface area contributed by atoms with Crippen LogP contribution in [0.1, 0.15) is 53.6 Å². The van der Waals surface area contributed by atoms with Gasteiger partial charge in [0.1, 0.15) is 12.4 Å². The maximum absolute atomic E-state index is 13.4. The number of carbonyl (C=O) groups is 1. The number of hydrogen-bond acceptors (Lipinski definition) is 4. The van der Waals surface area contributed by atoms with Gasteiger partial charge in [-0.15, -0.1) is 0 Å². The van der Waals surface area contributed by atoms with Crippen LogP contribution in [-0.4, -0.2) is 61.2 Å². The Morgan fingerprint density at radius 2 is 1.83 bits per heavy atom. The Morgan fingerprint density at radius 1 is 1.00 bits per heavy atom. The van der Waals surface area contributed by atoms with E-state index in [2.05, 4.69) is 4.90 Å². The van der Waals surface area contributed by atoms with Crippen LogP contribution in [0, 0.1) is 0 Å². The molecule has 0 unspecified atom stereocenters. The zero-order valence-electron chi connectivity index (χ0n) is 20.1.